The Kier molecular flexibility index (Phi) is 72.2. The van der Waals surface area contributed by atoms with Crippen LogP contribution in [0.1, 0.15) is 433 Å². The highest BCUT2D eigenvalue weighted by Crippen LogP contribution is 2.45. The van der Waals surface area contributed by atoms with Crippen LogP contribution in [0.5, 0.6) is 0 Å². The summed E-state index contributed by atoms with van der Waals surface area (Å²) < 4.78 is 68.7. The number of hydrogen-bond donors (Lipinski definition) is 3. The van der Waals surface area contributed by atoms with Crippen LogP contribution in [-0.4, -0.2) is 96.7 Å². The first-order chi connectivity index (χ1) is 48.9. The normalized spacial score (nSPS) is 13.9. The molecule has 101 heavy (non-hydrogen) atoms. The van der Waals surface area contributed by atoms with Crippen molar-refractivity contribution < 1.29 is 80.2 Å². The number of phosphoric acid groups is 2. The van der Waals surface area contributed by atoms with Gasteiger partial charge in [-0.2, -0.15) is 0 Å². The molecule has 0 bridgehead atoms. The summed E-state index contributed by atoms with van der Waals surface area (Å²) in [6.45, 7) is 9.67. The number of hydrogen-bond acceptors (Lipinski definition) is 15. The lowest BCUT2D eigenvalue weighted by Crippen LogP contribution is -2.30. The van der Waals surface area contributed by atoms with Crippen LogP contribution >= 0.6 is 15.6 Å². The first-order valence-electron chi connectivity index (χ1n) is 42.5. The number of aliphatic hydroxyl groups is 1. The van der Waals surface area contributed by atoms with E-state index in [2.05, 4.69) is 41.5 Å². The minimum Gasteiger partial charge on any atom is -0.462 e. The molecule has 0 aliphatic heterocycles. The van der Waals surface area contributed by atoms with E-state index in [1.165, 1.54) is 250 Å². The maximum Gasteiger partial charge on any atom is 0.472 e. The molecule has 0 aromatic carbocycles. The van der Waals surface area contributed by atoms with Crippen molar-refractivity contribution in [3.8, 4) is 0 Å². The average molecular weight is 1480 g/mol. The standard InChI is InChI=1S/C82H160O17P2/c1-7-9-11-13-15-17-18-19-20-21-22-23-26-30-36-42-48-54-60-66-81(86)99-78(71-93-80(85)65-59-53-47-41-35-29-27-24-25-28-33-39-44-50-56-62-74(3)4)73-97-101(90,91)95-69-76(83)68-94-100(88,89)96-72-77(70-92-79(84)64-58-52-46-38-16-14-12-10-8-2)98-82(87)67-61-55-49-43-37-32-31-34-40-45-51-57-63-75(5)6/h74-78,83H,7-73H2,1-6H3,(H,88,89)(H,90,91)/t76-,77+,78+/m0/s1. The molecule has 0 spiro atoms. The summed E-state index contributed by atoms with van der Waals surface area (Å²) in [6.07, 6.45) is 63.8. The van der Waals surface area contributed by atoms with Crippen LogP contribution in [0.15, 0.2) is 0 Å². The molecule has 0 saturated carbocycles. The molecule has 0 fully saturated rings. The Hall–Kier alpha value is -1.94. The van der Waals surface area contributed by atoms with Crippen LogP contribution in [0.4, 0.5) is 0 Å². The molecule has 0 amide bonds. The highest BCUT2D eigenvalue weighted by Gasteiger charge is 2.30. The second-order valence-corrected chi connectivity index (χ2v) is 33.4. The number of carbonyl (C=O) groups excluding carboxylic acids is 4. The molecule has 0 radical (unpaired) electrons. The lowest BCUT2D eigenvalue weighted by Gasteiger charge is -2.21. The number of phosphoric ester groups is 2. The molecular formula is C82H160O17P2. The molecule has 0 heterocycles. The Bertz CT molecular complexity index is 1940. The van der Waals surface area contributed by atoms with Gasteiger partial charge >= 0.3 is 39.5 Å². The van der Waals surface area contributed by atoms with Gasteiger partial charge in [0.2, 0.25) is 0 Å². The van der Waals surface area contributed by atoms with Crippen LogP contribution in [0, 0.1) is 11.8 Å². The smallest absolute Gasteiger partial charge is 0.462 e. The monoisotopic (exact) mass is 1480 g/mol. The van der Waals surface area contributed by atoms with E-state index in [1.807, 2.05) is 0 Å². The number of rotatable bonds is 81. The zero-order valence-electron chi connectivity index (χ0n) is 66.2. The van der Waals surface area contributed by atoms with Gasteiger partial charge in [0.1, 0.15) is 19.3 Å². The minimum absolute atomic E-state index is 0.107. The largest absolute Gasteiger partial charge is 0.472 e. The first-order valence-corrected chi connectivity index (χ1v) is 45.5. The van der Waals surface area contributed by atoms with Gasteiger partial charge in [-0.25, -0.2) is 9.13 Å². The van der Waals surface area contributed by atoms with E-state index in [0.29, 0.717) is 25.7 Å². The van der Waals surface area contributed by atoms with Crippen molar-refractivity contribution in [2.24, 2.45) is 11.8 Å². The Labute approximate surface area is 619 Å². The Morgan fingerprint density at radius 1 is 0.267 bits per heavy atom. The van der Waals surface area contributed by atoms with Crippen LogP contribution in [-0.2, 0) is 65.4 Å². The van der Waals surface area contributed by atoms with Gasteiger partial charge in [-0.1, -0.05) is 382 Å². The van der Waals surface area contributed by atoms with Crippen LogP contribution < -0.4 is 0 Å². The van der Waals surface area contributed by atoms with Gasteiger partial charge < -0.3 is 33.8 Å². The molecule has 3 N–H and O–H groups in total. The van der Waals surface area contributed by atoms with Crippen molar-refractivity contribution in [1.29, 1.82) is 0 Å². The van der Waals surface area contributed by atoms with Crippen molar-refractivity contribution in [3.05, 3.63) is 0 Å². The Morgan fingerprint density at radius 2 is 0.455 bits per heavy atom. The van der Waals surface area contributed by atoms with Crippen molar-refractivity contribution in [3.63, 3.8) is 0 Å². The molecule has 2 unspecified atom stereocenters. The molecule has 17 nitrogen and oxygen atoms in total. The van der Waals surface area contributed by atoms with Crippen molar-refractivity contribution in [2.45, 2.75) is 452 Å². The number of esters is 4. The topological polar surface area (TPSA) is 237 Å². The van der Waals surface area contributed by atoms with E-state index in [-0.39, 0.29) is 25.7 Å². The minimum atomic E-state index is -4.96. The van der Waals surface area contributed by atoms with Gasteiger partial charge in [0.05, 0.1) is 26.4 Å². The van der Waals surface area contributed by atoms with E-state index >= 15 is 0 Å². The summed E-state index contributed by atoms with van der Waals surface area (Å²) in [7, 11) is -9.92. The average Bonchev–Trinajstić information content (AvgIpc) is 0.939. The summed E-state index contributed by atoms with van der Waals surface area (Å²) in [5.41, 5.74) is 0. The maximum atomic E-state index is 13.1. The SMILES string of the molecule is CCCCCCCCCCCCCCCCCCCCCC(=O)O[C@H](COC(=O)CCCCCCCCCCCCCCCCCC(C)C)COP(=O)(O)OC[C@@H](O)COP(=O)(O)OC[C@@H](COC(=O)CCCCCCCCCCC)OC(=O)CCCCCCCCCCCCCCC(C)C. The van der Waals surface area contributed by atoms with Crippen LogP contribution in [0.2, 0.25) is 0 Å². The molecule has 19 heteroatoms. The van der Waals surface area contributed by atoms with Gasteiger partial charge in [0.15, 0.2) is 12.2 Å². The predicted molar refractivity (Wildman–Crippen MR) is 414 cm³/mol. The van der Waals surface area contributed by atoms with Crippen LogP contribution in [0.25, 0.3) is 0 Å². The summed E-state index contributed by atoms with van der Waals surface area (Å²) in [5, 5.41) is 10.6. The third-order valence-corrected chi connectivity index (χ3v) is 21.1. The molecule has 0 aliphatic rings. The fraction of sp³-hybridized carbons (Fsp3) is 0.951. The Morgan fingerprint density at radius 3 is 0.673 bits per heavy atom. The predicted octanol–water partition coefficient (Wildman–Crippen LogP) is 24.7. The number of ether oxygens (including phenoxy) is 4. The van der Waals surface area contributed by atoms with Gasteiger partial charge in [0.25, 0.3) is 0 Å². The molecule has 0 aliphatic carbocycles. The highest BCUT2D eigenvalue weighted by molar-refractivity contribution is 7.47. The number of aliphatic hydroxyl groups excluding tert-OH is 1. The fourth-order valence-electron chi connectivity index (χ4n) is 12.7. The molecule has 0 saturated heterocycles. The molecular weight excluding hydrogens is 1320 g/mol. The van der Waals surface area contributed by atoms with Crippen molar-refractivity contribution in [1.82, 2.24) is 0 Å². The van der Waals surface area contributed by atoms with Gasteiger partial charge in [0, 0.05) is 25.7 Å². The second-order valence-electron chi connectivity index (χ2n) is 30.5. The van der Waals surface area contributed by atoms with Gasteiger partial charge in [-0.3, -0.25) is 37.3 Å². The maximum absolute atomic E-state index is 13.1. The van der Waals surface area contributed by atoms with E-state index in [1.54, 1.807) is 0 Å². The zero-order chi connectivity index (χ0) is 74.2. The lowest BCUT2D eigenvalue weighted by atomic mass is 10.0. The Balaban J connectivity index is 5.22. The third-order valence-electron chi connectivity index (χ3n) is 19.2. The summed E-state index contributed by atoms with van der Waals surface area (Å²) in [6, 6.07) is 0. The van der Waals surface area contributed by atoms with Gasteiger partial charge in [-0.05, 0) is 37.5 Å². The molecule has 0 aromatic heterocycles. The van der Waals surface area contributed by atoms with Crippen molar-refractivity contribution in [2.75, 3.05) is 39.6 Å². The quantitative estimate of drug-likeness (QED) is 0.0222. The summed E-state index contributed by atoms with van der Waals surface area (Å²) in [5.74, 6) is -0.524. The van der Waals surface area contributed by atoms with E-state index in [4.69, 9.17) is 37.0 Å². The van der Waals surface area contributed by atoms with E-state index in [0.717, 1.165) is 102 Å². The molecule has 600 valence electrons. The molecule has 0 rings (SSSR count). The first kappa shape index (κ1) is 99.1. The summed E-state index contributed by atoms with van der Waals surface area (Å²) in [4.78, 5) is 73.0. The van der Waals surface area contributed by atoms with Gasteiger partial charge in [-0.15, -0.1) is 0 Å². The lowest BCUT2D eigenvalue weighted by molar-refractivity contribution is -0.161. The van der Waals surface area contributed by atoms with E-state index < -0.39 is 97.5 Å². The van der Waals surface area contributed by atoms with Crippen molar-refractivity contribution >= 4 is 39.5 Å². The fourth-order valence-corrected chi connectivity index (χ4v) is 14.3. The molecule has 5 atom stereocenters. The molecule has 0 aromatic rings. The number of carbonyl (C=O) groups is 4. The number of unbranched alkanes of at least 4 members (excludes halogenated alkanes) is 51. The summed E-state index contributed by atoms with van der Waals surface area (Å²) >= 11 is 0. The second kappa shape index (κ2) is 73.6. The zero-order valence-corrected chi connectivity index (χ0v) is 68.0. The van der Waals surface area contributed by atoms with Crippen LogP contribution in [0.3, 0.4) is 0 Å². The highest BCUT2D eigenvalue weighted by atomic mass is 31.2. The van der Waals surface area contributed by atoms with E-state index in [9.17, 15) is 43.2 Å². The third kappa shape index (κ3) is 76.1.